The van der Waals surface area contributed by atoms with Gasteiger partial charge in [-0.3, -0.25) is 5.32 Å². The molecule has 0 aliphatic carbocycles. The summed E-state index contributed by atoms with van der Waals surface area (Å²) in [5.74, 6) is -0.348. The van der Waals surface area contributed by atoms with Gasteiger partial charge in [0.15, 0.2) is 0 Å². The summed E-state index contributed by atoms with van der Waals surface area (Å²) in [5, 5.41) is 21.6. The monoisotopic (exact) mass is 282 g/mol. The zero-order valence-electron chi connectivity index (χ0n) is 12.0. The van der Waals surface area contributed by atoms with Crippen molar-refractivity contribution >= 4 is 11.8 Å². The SMILES string of the molecule is CC(C)(C)OC(=O)Nc1ccc(O)c(C(CN)CO)c1. The molecule has 1 aromatic rings. The molecule has 0 aliphatic rings. The molecule has 0 spiro atoms. The Kier molecular flexibility index (Phi) is 5.35. The largest absolute Gasteiger partial charge is 0.508 e. The number of nitrogens with one attached hydrogen (secondary N) is 1. The molecule has 112 valence electrons. The standard InChI is InChI=1S/C14H22N2O4/c1-14(2,3)20-13(19)16-10-4-5-12(18)11(6-10)9(7-15)8-17/h4-6,9,17-18H,7-8,15H2,1-3H3,(H,16,19). The molecule has 6 nitrogen and oxygen atoms in total. The Morgan fingerprint density at radius 1 is 1.45 bits per heavy atom. The molecule has 6 heteroatoms. The van der Waals surface area contributed by atoms with Crippen LogP contribution in [0.5, 0.6) is 5.75 Å². The van der Waals surface area contributed by atoms with Crippen molar-refractivity contribution in [3.05, 3.63) is 23.8 Å². The van der Waals surface area contributed by atoms with Crippen LogP contribution in [0.15, 0.2) is 18.2 Å². The molecule has 0 aromatic heterocycles. The van der Waals surface area contributed by atoms with Crippen molar-refractivity contribution in [1.82, 2.24) is 0 Å². The predicted octanol–water partition coefficient (Wildman–Crippen LogP) is 1.77. The van der Waals surface area contributed by atoms with Crippen LogP contribution < -0.4 is 11.1 Å². The van der Waals surface area contributed by atoms with Gasteiger partial charge in [-0.25, -0.2) is 4.79 Å². The maximum absolute atomic E-state index is 11.7. The first-order chi connectivity index (χ1) is 9.26. The zero-order chi connectivity index (χ0) is 15.3. The third-order valence-corrected chi connectivity index (χ3v) is 2.62. The fraction of sp³-hybridized carbons (Fsp3) is 0.500. The number of benzene rings is 1. The van der Waals surface area contributed by atoms with Crippen LogP contribution in [-0.4, -0.2) is 35.1 Å². The van der Waals surface area contributed by atoms with Crippen molar-refractivity contribution in [1.29, 1.82) is 0 Å². The molecule has 0 heterocycles. The fourth-order valence-corrected chi connectivity index (χ4v) is 1.68. The average molecular weight is 282 g/mol. The van der Waals surface area contributed by atoms with E-state index in [9.17, 15) is 15.0 Å². The molecule has 0 aliphatic heterocycles. The predicted molar refractivity (Wildman–Crippen MR) is 76.8 cm³/mol. The van der Waals surface area contributed by atoms with Crippen LogP contribution in [0.25, 0.3) is 0 Å². The lowest BCUT2D eigenvalue weighted by Gasteiger charge is -2.20. The summed E-state index contributed by atoms with van der Waals surface area (Å²) in [6.45, 7) is 5.32. The minimum absolute atomic E-state index is 0.0317. The molecule has 5 N–H and O–H groups in total. The second kappa shape index (κ2) is 6.58. The van der Waals surface area contributed by atoms with Gasteiger partial charge in [0.05, 0.1) is 6.61 Å². The third-order valence-electron chi connectivity index (χ3n) is 2.62. The van der Waals surface area contributed by atoms with Crippen molar-refractivity contribution in [2.24, 2.45) is 5.73 Å². The minimum atomic E-state index is -0.589. The average Bonchev–Trinajstić information content (AvgIpc) is 2.32. The summed E-state index contributed by atoms with van der Waals surface area (Å²) in [4.78, 5) is 11.7. The van der Waals surface area contributed by atoms with Crippen molar-refractivity contribution in [2.75, 3.05) is 18.5 Å². The van der Waals surface area contributed by atoms with Gasteiger partial charge in [-0.1, -0.05) is 0 Å². The Morgan fingerprint density at radius 3 is 2.60 bits per heavy atom. The molecule has 0 radical (unpaired) electrons. The Morgan fingerprint density at radius 2 is 2.10 bits per heavy atom. The lowest BCUT2D eigenvalue weighted by molar-refractivity contribution is 0.0636. The maximum Gasteiger partial charge on any atom is 0.412 e. The Hall–Kier alpha value is -1.79. The number of ether oxygens (including phenoxy) is 1. The third kappa shape index (κ3) is 4.71. The number of anilines is 1. The number of carbonyl (C=O) groups is 1. The van der Waals surface area contributed by atoms with E-state index in [2.05, 4.69) is 5.32 Å². The summed E-state index contributed by atoms with van der Waals surface area (Å²) in [6, 6.07) is 4.57. The van der Waals surface area contributed by atoms with Gasteiger partial charge in [-0.15, -0.1) is 0 Å². The Balaban J connectivity index is 2.87. The second-order valence-electron chi connectivity index (χ2n) is 5.52. The van der Waals surface area contributed by atoms with Crippen molar-refractivity contribution in [3.8, 4) is 5.75 Å². The van der Waals surface area contributed by atoms with Crippen LogP contribution in [0.4, 0.5) is 10.5 Å². The highest BCUT2D eigenvalue weighted by Gasteiger charge is 2.18. The number of nitrogens with two attached hydrogens (primary N) is 1. The highest BCUT2D eigenvalue weighted by molar-refractivity contribution is 5.85. The molecule has 1 amide bonds. The van der Waals surface area contributed by atoms with E-state index in [1.165, 1.54) is 6.07 Å². The van der Waals surface area contributed by atoms with Crippen LogP contribution in [0, 0.1) is 0 Å². The fourth-order valence-electron chi connectivity index (χ4n) is 1.68. The van der Waals surface area contributed by atoms with Crippen LogP contribution >= 0.6 is 0 Å². The number of amides is 1. The second-order valence-corrected chi connectivity index (χ2v) is 5.52. The summed E-state index contributed by atoms with van der Waals surface area (Å²) < 4.78 is 5.14. The topological polar surface area (TPSA) is 105 Å². The van der Waals surface area contributed by atoms with Crippen molar-refractivity contribution < 1.29 is 19.7 Å². The number of rotatable bonds is 4. The van der Waals surface area contributed by atoms with Crippen LogP contribution in [0.1, 0.15) is 32.3 Å². The van der Waals surface area contributed by atoms with Gasteiger partial charge in [0.25, 0.3) is 0 Å². The minimum Gasteiger partial charge on any atom is -0.508 e. The normalized spacial score (nSPS) is 12.8. The van der Waals surface area contributed by atoms with Gasteiger partial charge in [0, 0.05) is 23.7 Å². The van der Waals surface area contributed by atoms with E-state index in [0.717, 1.165) is 0 Å². The van der Waals surface area contributed by atoms with Gasteiger partial charge in [0.1, 0.15) is 11.4 Å². The van der Waals surface area contributed by atoms with E-state index in [-0.39, 0.29) is 24.8 Å². The number of hydrogen-bond acceptors (Lipinski definition) is 5. The van der Waals surface area contributed by atoms with Crippen molar-refractivity contribution in [2.45, 2.75) is 32.3 Å². The lowest BCUT2D eigenvalue weighted by Crippen LogP contribution is -2.27. The number of phenolic OH excluding ortho intramolecular Hbond substituents is 1. The Labute approximate surface area is 118 Å². The smallest absolute Gasteiger partial charge is 0.412 e. The van der Waals surface area contributed by atoms with Gasteiger partial charge in [0.2, 0.25) is 0 Å². The first-order valence-electron chi connectivity index (χ1n) is 6.40. The number of carbonyl (C=O) groups excluding carboxylic acids is 1. The van der Waals surface area contributed by atoms with E-state index in [1.807, 2.05) is 0 Å². The van der Waals surface area contributed by atoms with Gasteiger partial charge < -0.3 is 20.7 Å². The molecule has 0 saturated heterocycles. The molecular weight excluding hydrogens is 260 g/mol. The summed E-state index contributed by atoms with van der Waals surface area (Å²) >= 11 is 0. The molecule has 0 bridgehead atoms. The number of phenols is 1. The molecule has 20 heavy (non-hydrogen) atoms. The molecule has 1 atom stereocenters. The zero-order valence-corrected chi connectivity index (χ0v) is 12.0. The van der Waals surface area contributed by atoms with Gasteiger partial charge in [-0.2, -0.15) is 0 Å². The maximum atomic E-state index is 11.7. The van der Waals surface area contributed by atoms with E-state index < -0.39 is 11.7 Å². The molecule has 1 aromatic carbocycles. The number of hydrogen-bond donors (Lipinski definition) is 4. The first kappa shape index (κ1) is 16.3. The summed E-state index contributed by atoms with van der Waals surface area (Å²) in [7, 11) is 0. The lowest BCUT2D eigenvalue weighted by atomic mass is 9.98. The molecular formula is C14H22N2O4. The molecule has 0 saturated carbocycles. The number of aliphatic hydroxyl groups excluding tert-OH is 1. The summed E-state index contributed by atoms with van der Waals surface area (Å²) in [5.41, 5.74) is 5.91. The van der Waals surface area contributed by atoms with E-state index in [4.69, 9.17) is 10.5 Å². The van der Waals surface area contributed by atoms with Gasteiger partial charge >= 0.3 is 6.09 Å². The highest BCUT2D eigenvalue weighted by Crippen LogP contribution is 2.28. The van der Waals surface area contributed by atoms with E-state index in [0.29, 0.717) is 11.3 Å². The van der Waals surface area contributed by atoms with E-state index >= 15 is 0 Å². The molecule has 1 rings (SSSR count). The van der Waals surface area contributed by atoms with Crippen LogP contribution in [-0.2, 0) is 4.74 Å². The first-order valence-corrected chi connectivity index (χ1v) is 6.40. The van der Waals surface area contributed by atoms with Crippen LogP contribution in [0.2, 0.25) is 0 Å². The number of aliphatic hydroxyl groups is 1. The summed E-state index contributed by atoms with van der Waals surface area (Å²) in [6.07, 6.45) is -0.581. The van der Waals surface area contributed by atoms with Gasteiger partial charge in [-0.05, 0) is 39.0 Å². The van der Waals surface area contributed by atoms with Crippen molar-refractivity contribution in [3.63, 3.8) is 0 Å². The van der Waals surface area contributed by atoms with E-state index in [1.54, 1.807) is 32.9 Å². The van der Waals surface area contributed by atoms with Crippen LogP contribution in [0.3, 0.4) is 0 Å². The molecule has 1 unspecified atom stereocenters. The highest BCUT2D eigenvalue weighted by atomic mass is 16.6. The Bertz CT molecular complexity index is 465. The number of aromatic hydroxyl groups is 1. The quantitative estimate of drug-likeness (QED) is 0.630. The molecule has 0 fully saturated rings.